The smallest absolute Gasteiger partial charge is 0.462 e. The van der Waals surface area contributed by atoms with Gasteiger partial charge in [0.05, 0.1) is 6.61 Å². The van der Waals surface area contributed by atoms with Gasteiger partial charge in [0.1, 0.15) is 43.2 Å². The highest BCUT2D eigenvalue weighted by Gasteiger charge is 2.51. The summed E-state index contributed by atoms with van der Waals surface area (Å²) in [6.45, 7) is 3.15. The van der Waals surface area contributed by atoms with Crippen molar-refractivity contribution in [3.05, 3.63) is 0 Å². The lowest BCUT2D eigenvalue weighted by Gasteiger charge is -2.41. The number of aliphatic hydroxyl groups is 5. The molecule has 0 saturated heterocycles. The zero-order chi connectivity index (χ0) is 36.5. The Labute approximate surface area is 293 Å². The Morgan fingerprint density at radius 3 is 1.35 bits per heavy atom. The summed E-state index contributed by atoms with van der Waals surface area (Å²) in [5, 5.41) is 49.7. The molecular formula is C35H67O13P. The van der Waals surface area contributed by atoms with Gasteiger partial charge in [-0.2, -0.15) is 0 Å². The van der Waals surface area contributed by atoms with Crippen LogP contribution in [0.1, 0.15) is 155 Å². The van der Waals surface area contributed by atoms with Crippen LogP contribution in [0.5, 0.6) is 0 Å². The van der Waals surface area contributed by atoms with E-state index in [9.17, 15) is 44.6 Å². The minimum absolute atomic E-state index is 0.0964. The van der Waals surface area contributed by atoms with E-state index in [0.29, 0.717) is 12.8 Å². The number of aliphatic hydroxyl groups excluding tert-OH is 5. The molecule has 1 saturated carbocycles. The fourth-order valence-electron chi connectivity index (χ4n) is 5.82. The molecule has 4 unspecified atom stereocenters. The third kappa shape index (κ3) is 21.1. The van der Waals surface area contributed by atoms with E-state index in [1.54, 1.807) is 0 Å². The van der Waals surface area contributed by atoms with E-state index in [-0.39, 0.29) is 12.8 Å². The fourth-order valence-corrected chi connectivity index (χ4v) is 6.79. The largest absolute Gasteiger partial charge is 0.472 e. The minimum Gasteiger partial charge on any atom is -0.462 e. The van der Waals surface area contributed by atoms with Crippen molar-refractivity contribution in [2.75, 3.05) is 13.2 Å². The van der Waals surface area contributed by atoms with E-state index in [0.717, 1.165) is 44.9 Å². The second-order valence-electron chi connectivity index (χ2n) is 13.4. The van der Waals surface area contributed by atoms with Crippen molar-refractivity contribution in [3.63, 3.8) is 0 Å². The van der Waals surface area contributed by atoms with E-state index < -0.39 is 75.7 Å². The average Bonchev–Trinajstić information content (AvgIpc) is 3.07. The molecule has 290 valence electrons. The summed E-state index contributed by atoms with van der Waals surface area (Å²) in [4.78, 5) is 35.1. The van der Waals surface area contributed by atoms with Crippen LogP contribution < -0.4 is 0 Å². The molecule has 0 spiro atoms. The lowest BCUT2D eigenvalue weighted by molar-refractivity contribution is -0.220. The van der Waals surface area contributed by atoms with Crippen molar-refractivity contribution >= 4 is 19.8 Å². The van der Waals surface area contributed by atoms with E-state index in [2.05, 4.69) is 13.8 Å². The molecule has 0 aromatic rings. The Kier molecular flexibility index (Phi) is 25.7. The van der Waals surface area contributed by atoms with Gasteiger partial charge in [0, 0.05) is 12.8 Å². The zero-order valence-electron chi connectivity index (χ0n) is 30.0. The number of hydrogen-bond acceptors (Lipinski definition) is 12. The number of rotatable bonds is 30. The van der Waals surface area contributed by atoms with E-state index in [1.807, 2.05) is 0 Å². The molecular weight excluding hydrogens is 659 g/mol. The fraction of sp³-hybridized carbons (Fsp3) is 0.943. The van der Waals surface area contributed by atoms with Crippen LogP contribution in [0.25, 0.3) is 0 Å². The number of carbonyl (C=O) groups excluding carboxylic acids is 2. The van der Waals surface area contributed by atoms with Crippen molar-refractivity contribution in [2.45, 2.75) is 198 Å². The van der Waals surface area contributed by atoms with Crippen molar-refractivity contribution in [2.24, 2.45) is 0 Å². The van der Waals surface area contributed by atoms with Crippen LogP contribution in [-0.4, -0.2) is 98.3 Å². The molecule has 1 fully saturated rings. The first-order valence-electron chi connectivity index (χ1n) is 18.8. The van der Waals surface area contributed by atoms with Crippen molar-refractivity contribution in [1.29, 1.82) is 0 Å². The number of ether oxygens (including phenoxy) is 2. The molecule has 0 heterocycles. The van der Waals surface area contributed by atoms with E-state index in [1.165, 1.54) is 70.6 Å². The summed E-state index contributed by atoms with van der Waals surface area (Å²) < 4.78 is 33.1. The Balaban J connectivity index is 2.44. The molecule has 0 bridgehead atoms. The number of phosphoric ester groups is 1. The second-order valence-corrected chi connectivity index (χ2v) is 14.9. The summed E-state index contributed by atoms with van der Waals surface area (Å²) in [7, 11) is -5.09. The molecule has 0 amide bonds. The highest BCUT2D eigenvalue weighted by Crippen LogP contribution is 2.47. The summed E-state index contributed by atoms with van der Waals surface area (Å²) in [5.41, 5.74) is 0. The van der Waals surface area contributed by atoms with Gasteiger partial charge in [-0.25, -0.2) is 4.57 Å². The molecule has 8 atom stereocenters. The second kappa shape index (κ2) is 27.5. The molecule has 6 N–H and O–H groups in total. The molecule has 13 nitrogen and oxygen atoms in total. The predicted octanol–water partition coefficient (Wildman–Crippen LogP) is 5.38. The minimum atomic E-state index is -5.09. The highest BCUT2D eigenvalue weighted by atomic mass is 31.2. The topological polar surface area (TPSA) is 210 Å². The van der Waals surface area contributed by atoms with Gasteiger partial charge in [-0.1, -0.05) is 129 Å². The molecule has 1 rings (SSSR count). The van der Waals surface area contributed by atoms with Crippen molar-refractivity contribution < 1.29 is 63.1 Å². The number of carbonyl (C=O) groups is 2. The van der Waals surface area contributed by atoms with Gasteiger partial charge in [0.15, 0.2) is 6.10 Å². The number of phosphoric acid groups is 1. The van der Waals surface area contributed by atoms with Gasteiger partial charge in [0.2, 0.25) is 0 Å². The Morgan fingerprint density at radius 2 is 0.918 bits per heavy atom. The van der Waals surface area contributed by atoms with Crippen LogP contribution in [0.2, 0.25) is 0 Å². The van der Waals surface area contributed by atoms with E-state index in [4.69, 9.17) is 18.5 Å². The first-order valence-corrected chi connectivity index (χ1v) is 20.3. The van der Waals surface area contributed by atoms with Crippen LogP contribution in [0, 0.1) is 0 Å². The third-order valence-electron chi connectivity index (χ3n) is 8.95. The molecule has 1 aliphatic rings. The van der Waals surface area contributed by atoms with Crippen LogP contribution in [-0.2, 0) is 32.7 Å². The standard InChI is InChI=1S/C35H67O13P/c1-3-5-7-9-10-11-12-13-14-15-16-17-18-20-21-23-28(36)45-25-27(47-29(37)24-22-19-8-6-4-2)26-46-49(43,44)48-35-33(41)31(39)30(38)32(40)34(35)42/h27,30-35,38-42H,3-26H2,1-2H3,(H,43,44)/t27?,30?,31-,32+,33-,34-,35?/m1/s1. The van der Waals surface area contributed by atoms with E-state index >= 15 is 0 Å². The Bertz CT molecular complexity index is 891. The molecule has 1 aliphatic carbocycles. The van der Waals surface area contributed by atoms with Gasteiger partial charge >= 0.3 is 19.8 Å². The quantitative estimate of drug-likeness (QED) is 0.0312. The number of unbranched alkanes of at least 4 members (excludes halogenated alkanes) is 18. The number of esters is 2. The van der Waals surface area contributed by atoms with Gasteiger partial charge in [-0.15, -0.1) is 0 Å². The maximum atomic E-state index is 12.7. The first kappa shape index (κ1) is 45.9. The Hall–Kier alpha value is -1.15. The van der Waals surface area contributed by atoms with Gasteiger partial charge in [-0.05, 0) is 12.8 Å². The van der Waals surface area contributed by atoms with Crippen LogP contribution in [0.15, 0.2) is 0 Å². The van der Waals surface area contributed by atoms with Gasteiger partial charge < -0.3 is 39.9 Å². The van der Waals surface area contributed by atoms with Crippen LogP contribution in [0.4, 0.5) is 0 Å². The summed E-state index contributed by atoms with van der Waals surface area (Å²) >= 11 is 0. The molecule has 0 aliphatic heterocycles. The summed E-state index contributed by atoms with van der Waals surface area (Å²) in [6, 6.07) is 0. The molecule has 0 radical (unpaired) electrons. The van der Waals surface area contributed by atoms with Gasteiger partial charge in [0.25, 0.3) is 0 Å². The summed E-state index contributed by atoms with van der Waals surface area (Å²) in [6.07, 6.45) is 9.63. The van der Waals surface area contributed by atoms with Crippen molar-refractivity contribution in [1.82, 2.24) is 0 Å². The summed E-state index contributed by atoms with van der Waals surface area (Å²) in [5.74, 6) is -1.11. The molecule has 0 aromatic heterocycles. The number of hydrogen-bond donors (Lipinski definition) is 6. The predicted molar refractivity (Wildman–Crippen MR) is 184 cm³/mol. The van der Waals surface area contributed by atoms with Crippen LogP contribution >= 0.6 is 7.82 Å². The van der Waals surface area contributed by atoms with Crippen LogP contribution in [0.3, 0.4) is 0 Å². The third-order valence-corrected chi connectivity index (χ3v) is 9.93. The highest BCUT2D eigenvalue weighted by molar-refractivity contribution is 7.47. The molecule has 49 heavy (non-hydrogen) atoms. The SMILES string of the molecule is CCCCCCCCCCCCCCCCCC(=O)OCC(COP(=O)(O)OC1[C@H](O)[C@H](O)C(O)[C@H](O)[C@H]1O)OC(=O)CCCCCCC. The Morgan fingerprint density at radius 1 is 0.551 bits per heavy atom. The maximum absolute atomic E-state index is 12.7. The average molecular weight is 727 g/mol. The van der Waals surface area contributed by atoms with Gasteiger partial charge in [-0.3, -0.25) is 18.6 Å². The lowest BCUT2D eigenvalue weighted by atomic mass is 9.85. The molecule has 0 aromatic carbocycles. The normalized spacial score (nSPS) is 24.3. The first-order chi connectivity index (χ1) is 23.4. The maximum Gasteiger partial charge on any atom is 0.472 e. The zero-order valence-corrected chi connectivity index (χ0v) is 30.9. The monoisotopic (exact) mass is 726 g/mol. The van der Waals surface area contributed by atoms with Crippen molar-refractivity contribution in [3.8, 4) is 0 Å². The molecule has 14 heteroatoms. The lowest BCUT2D eigenvalue weighted by Crippen LogP contribution is -2.64.